The van der Waals surface area contributed by atoms with Crippen LogP contribution in [0.5, 0.6) is 5.75 Å². The second kappa shape index (κ2) is 10.9. The van der Waals surface area contributed by atoms with Crippen LogP contribution in [0.25, 0.3) is 6.08 Å². The Morgan fingerprint density at radius 3 is 2.39 bits per heavy atom. The molecule has 7 heteroatoms. The van der Waals surface area contributed by atoms with Crippen molar-refractivity contribution in [3.63, 3.8) is 0 Å². The van der Waals surface area contributed by atoms with E-state index in [-0.39, 0.29) is 5.57 Å². The van der Waals surface area contributed by atoms with E-state index in [4.69, 9.17) is 27.9 Å². The Hall–Kier alpha value is -2.78. The number of hydrogen-bond acceptors (Lipinski definition) is 3. The molecule has 4 nitrogen and oxygen atoms in total. The highest BCUT2D eigenvalue weighted by Crippen LogP contribution is 2.32. The molecule has 168 valence electrons. The van der Waals surface area contributed by atoms with E-state index in [1.165, 1.54) is 28.8 Å². The predicted molar refractivity (Wildman–Crippen MR) is 138 cm³/mol. The van der Waals surface area contributed by atoms with Crippen LogP contribution in [0.1, 0.15) is 27.8 Å². The zero-order chi connectivity index (χ0) is 24.1. The molecule has 1 N–H and O–H groups in total. The van der Waals surface area contributed by atoms with Crippen molar-refractivity contribution in [3.05, 3.63) is 96.4 Å². The zero-order valence-corrected chi connectivity index (χ0v) is 21.4. The first kappa shape index (κ1) is 24.9. The van der Waals surface area contributed by atoms with Crippen molar-refractivity contribution in [1.82, 2.24) is 0 Å². The Kier molecular flexibility index (Phi) is 8.20. The molecule has 0 bridgehead atoms. The molecule has 0 saturated carbocycles. The molecule has 3 aromatic rings. The van der Waals surface area contributed by atoms with Gasteiger partial charge in [0.1, 0.15) is 17.4 Å². The van der Waals surface area contributed by atoms with Crippen molar-refractivity contribution >= 4 is 56.8 Å². The van der Waals surface area contributed by atoms with E-state index in [0.717, 1.165) is 10.0 Å². The van der Waals surface area contributed by atoms with Crippen molar-refractivity contribution in [2.24, 2.45) is 0 Å². The van der Waals surface area contributed by atoms with Crippen LogP contribution in [0.15, 0.2) is 58.6 Å². The topological polar surface area (TPSA) is 62.1 Å². The number of nitrogens with zero attached hydrogens (tertiary/aromatic N) is 1. The van der Waals surface area contributed by atoms with Crippen LogP contribution < -0.4 is 10.1 Å². The van der Waals surface area contributed by atoms with Gasteiger partial charge in [0.2, 0.25) is 0 Å². The number of anilines is 1. The highest BCUT2D eigenvalue weighted by molar-refractivity contribution is 9.10. The van der Waals surface area contributed by atoms with Crippen LogP contribution in [0.2, 0.25) is 10.0 Å². The third-order valence-electron chi connectivity index (χ3n) is 4.91. The molecule has 0 radical (unpaired) electrons. The van der Waals surface area contributed by atoms with Gasteiger partial charge in [-0.15, -0.1) is 0 Å². The summed E-state index contributed by atoms with van der Waals surface area (Å²) in [6.07, 6.45) is 2.19. The third kappa shape index (κ3) is 6.39. The molecule has 0 atom stereocenters. The minimum Gasteiger partial charge on any atom is -0.496 e. The molecule has 0 saturated heterocycles. The summed E-state index contributed by atoms with van der Waals surface area (Å²) in [5.41, 5.74) is 5.60. The number of carbonyl (C=O) groups is 1. The molecule has 0 aliphatic rings. The Labute approximate surface area is 211 Å². The van der Waals surface area contributed by atoms with Gasteiger partial charge in [-0.2, -0.15) is 5.26 Å². The number of methoxy groups -OCH3 is 1. The van der Waals surface area contributed by atoms with Crippen LogP contribution in [0, 0.1) is 25.2 Å². The van der Waals surface area contributed by atoms with Gasteiger partial charge in [0.05, 0.1) is 17.2 Å². The maximum Gasteiger partial charge on any atom is 0.266 e. The average molecular weight is 544 g/mol. The van der Waals surface area contributed by atoms with Gasteiger partial charge in [0, 0.05) is 22.1 Å². The number of rotatable bonds is 6. The lowest BCUT2D eigenvalue weighted by Crippen LogP contribution is -2.13. The van der Waals surface area contributed by atoms with E-state index in [9.17, 15) is 10.1 Å². The van der Waals surface area contributed by atoms with E-state index in [0.29, 0.717) is 33.5 Å². The highest BCUT2D eigenvalue weighted by Gasteiger charge is 2.14. The first-order valence-corrected chi connectivity index (χ1v) is 11.6. The number of ether oxygens (including phenoxy) is 1. The van der Waals surface area contributed by atoms with Crippen LogP contribution in [-0.2, 0) is 11.2 Å². The number of nitriles is 1. The fourth-order valence-electron chi connectivity index (χ4n) is 3.53. The van der Waals surface area contributed by atoms with Gasteiger partial charge in [0.25, 0.3) is 5.91 Å². The molecule has 33 heavy (non-hydrogen) atoms. The van der Waals surface area contributed by atoms with E-state index < -0.39 is 5.91 Å². The molecule has 0 heterocycles. The molecule has 1 amide bonds. The lowest BCUT2D eigenvalue weighted by molar-refractivity contribution is -0.112. The zero-order valence-electron chi connectivity index (χ0n) is 18.3. The quantitative estimate of drug-likeness (QED) is 0.258. The fourth-order valence-corrected chi connectivity index (χ4v) is 4.43. The summed E-state index contributed by atoms with van der Waals surface area (Å²) in [5.74, 6) is 0.113. The maximum absolute atomic E-state index is 12.6. The summed E-state index contributed by atoms with van der Waals surface area (Å²) >= 11 is 15.5. The minimum atomic E-state index is -0.551. The van der Waals surface area contributed by atoms with Crippen molar-refractivity contribution in [1.29, 1.82) is 5.26 Å². The van der Waals surface area contributed by atoms with Gasteiger partial charge in [-0.05, 0) is 61.4 Å². The third-order valence-corrected chi connectivity index (χ3v) is 6.36. The summed E-state index contributed by atoms with van der Waals surface area (Å²) in [6.45, 7) is 4.15. The number of amides is 1. The number of halogens is 3. The SMILES string of the molecule is COc1cc(/C=C(\C#N)C(=O)Nc2ccc(Cl)c(Cl)c2)cc(Br)c1Cc1cc(C)cc(C)c1. The monoisotopic (exact) mass is 542 g/mol. The predicted octanol–water partition coefficient (Wildman–Crippen LogP) is 7.52. The average Bonchev–Trinajstić information content (AvgIpc) is 2.75. The van der Waals surface area contributed by atoms with E-state index in [1.54, 1.807) is 19.2 Å². The van der Waals surface area contributed by atoms with Crippen molar-refractivity contribution < 1.29 is 9.53 Å². The van der Waals surface area contributed by atoms with E-state index >= 15 is 0 Å². The summed E-state index contributed by atoms with van der Waals surface area (Å²) < 4.78 is 6.45. The van der Waals surface area contributed by atoms with Gasteiger partial charge < -0.3 is 10.1 Å². The smallest absolute Gasteiger partial charge is 0.266 e. The van der Waals surface area contributed by atoms with Crippen LogP contribution in [0.3, 0.4) is 0 Å². The van der Waals surface area contributed by atoms with Gasteiger partial charge in [-0.1, -0.05) is 68.5 Å². The largest absolute Gasteiger partial charge is 0.496 e. The van der Waals surface area contributed by atoms with Gasteiger partial charge in [-0.25, -0.2) is 0 Å². The molecular formula is C26H21BrCl2N2O2. The molecule has 0 unspecified atom stereocenters. The van der Waals surface area contributed by atoms with Crippen molar-refractivity contribution in [3.8, 4) is 11.8 Å². The summed E-state index contributed by atoms with van der Waals surface area (Å²) in [5, 5.41) is 12.9. The minimum absolute atomic E-state index is 0.0583. The normalized spacial score (nSPS) is 11.1. The standard InChI is InChI=1S/C26H21BrCl2N2O2/c1-15-6-16(2)8-17(7-15)10-21-22(27)11-18(12-25(21)33-3)9-19(14-30)26(32)31-20-4-5-23(28)24(29)13-20/h4-9,11-13H,10H2,1-3H3,(H,31,32)/b19-9+. The second-order valence-electron chi connectivity index (χ2n) is 7.61. The number of hydrogen-bond donors (Lipinski definition) is 1. The maximum atomic E-state index is 12.6. The second-order valence-corrected chi connectivity index (χ2v) is 9.28. The molecule has 0 spiro atoms. The Balaban J connectivity index is 1.89. The van der Waals surface area contributed by atoms with Crippen LogP contribution >= 0.6 is 39.1 Å². The van der Waals surface area contributed by atoms with Crippen LogP contribution in [-0.4, -0.2) is 13.0 Å². The summed E-state index contributed by atoms with van der Waals surface area (Å²) in [7, 11) is 1.60. The number of carbonyl (C=O) groups excluding carboxylic acids is 1. The number of benzene rings is 3. The number of nitrogens with one attached hydrogen (secondary N) is 1. The first-order valence-electron chi connectivity index (χ1n) is 10.0. The highest BCUT2D eigenvalue weighted by atomic mass is 79.9. The molecule has 0 aliphatic heterocycles. The Bertz CT molecular complexity index is 1280. The summed E-state index contributed by atoms with van der Waals surface area (Å²) in [6, 6.07) is 16.8. The number of aryl methyl sites for hydroxylation is 2. The van der Waals surface area contributed by atoms with Gasteiger partial charge in [0.15, 0.2) is 0 Å². The Morgan fingerprint density at radius 1 is 1.09 bits per heavy atom. The molecule has 0 aromatic heterocycles. The lowest BCUT2D eigenvalue weighted by atomic mass is 9.98. The molecule has 3 rings (SSSR count). The van der Waals surface area contributed by atoms with Crippen molar-refractivity contribution in [2.45, 2.75) is 20.3 Å². The first-order chi connectivity index (χ1) is 15.7. The molecule has 0 fully saturated rings. The molecule has 3 aromatic carbocycles. The Morgan fingerprint density at radius 2 is 1.79 bits per heavy atom. The van der Waals surface area contributed by atoms with E-state index in [1.807, 2.05) is 18.2 Å². The fraction of sp³-hybridized carbons (Fsp3) is 0.154. The molecule has 0 aliphatic carbocycles. The van der Waals surface area contributed by atoms with Crippen LogP contribution in [0.4, 0.5) is 5.69 Å². The van der Waals surface area contributed by atoms with Crippen molar-refractivity contribution in [2.75, 3.05) is 12.4 Å². The molecular weight excluding hydrogens is 523 g/mol. The van der Waals surface area contributed by atoms with E-state index in [2.05, 4.69) is 53.3 Å². The van der Waals surface area contributed by atoms with Gasteiger partial charge >= 0.3 is 0 Å². The van der Waals surface area contributed by atoms with Gasteiger partial charge in [-0.3, -0.25) is 4.79 Å². The lowest BCUT2D eigenvalue weighted by Gasteiger charge is -2.13. The summed E-state index contributed by atoms with van der Waals surface area (Å²) in [4.78, 5) is 12.6.